The number of carbonyl (C=O) groups excluding carboxylic acids is 2. The van der Waals surface area contributed by atoms with E-state index in [1.54, 1.807) is 48.5 Å². The van der Waals surface area contributed by atoms with Crippen molar-refractivity contribution in [2.24, 2.45) is 0 Å². The summed E-state index contributed by atoms with van der Waals surface area (Å²) in [5.41, 5.74) is 1.61. The van der Waals surface area contributed by atoms with Gasteiger partial charge in [-0.05, 0) is 36.4 Å². The molecular weight excluding hydrogens is 453 g/mol. The Morgan fingerprint density at radius 3 is 2.31 bits per heavy atom. The molecule has 0 aliphatic rings. The van der Waals surface area contributed by atoms with Gasteiger partial charge in [-0.3, -0.25) is 4.79 Å². The number of benzene rings is 3. The fourth-order valence-corrected chi connectivity index (χ4v) is 3.32. The van der Waals surface area contributed by atoms with Crippen LogP contribution < -0.4 is 10.1 Å². The number of nitrogens with one attached hydrogen (secondary N) is 1. The number of carbonyl (C=O) groups is 2. The number of ether oxygens (including phenoxy) is 2. The topological polar surface area (TPSA) is 84.9 Å². The fourth-order valence-electron chi connectivity index (χ4n) is 2.97. The SMILES string of the molecule is COC(=O)c1cc(Cl)ccc1OC[C@H](O)CNc1ccc(Cl)cc1C(=O)c1ccccc1. The fraction of sp³-hybridized carbons (Fsp3) is 0.167. The Hall–Kier alpha value is -3.06. The summed E-state index contributed by atoms with van der Waals surface area (Å²) in [5.74, 6) is -0.544. The minimum atomic E-state index is -0.938. The zero-order valence-electron chi connectivity index (χ0n) is 17.2. The van der Waals surface area contributed by atoms with Crippen LogP contribution in [-0.4, -0.2) is 43.2 Å². The molecule has 0 saturated carbocycles. The van der Waals surface area contributed by atoms with Gasteiger partial charge >= 0.3 is 5.97 Å². The molecule has 0 heterocycles. The van der Waals surface area contributed by atoms with Crippen LogP contribution >= 0.6 is 23.2 Å². The molecule has 0 fully saturated rings. The maximum atomic E-state index is 12.9. The normalized spacial score (nSPS) is 11.5. The number of halogens is 2. The van der Waals surface area contributed by atoms with Crippen molar-refractivity contribution < 1.29 is 24.2 Å². The summed E-state index contributed by atoms with van der Waals surface area (Å²) in [6.45, 7) is -0.00791. The molecule has 0 unspecified atom stereocenters. The first-order valence-electron chi connectivity index (χ1n) is 9.71. The predicted octanol–water partition coefficient (Wildman–Crippen LogP) is 4.86. The second-order valence-electron chi connectivity index (χ2n) is 6.86. The molecule has 0 amide bonds. The number of aliphatic hydroxyl groups excluding tert-OH is 1. The van der Waals surface area contributed by atoms with E-state index in [-0.39, 0.29) is 30.2 Å². The van der Waals surface area contributed by atoms with Crippen LogP contribution in [0.1, 0.15) is 26.3 Å². The van der Waals surface area contributed by atoms with Crippen molar-refractivity contribution in [1.29, 1.82) is 0 Å². The molecule has 0 aromatic heterocycles. The molecule has 6 nitrogen and oxygen atoms in total. The quantitative estimate of drug-likeness (QED) is 0.340. The first-order valence-corrected chi connectivity index (χ1v) is 10.5. The monoisotopic (exact) mass is 473 g/mol. The molecule has 166 valence electrons. The average Bonchev–Trinajstić information content (AvgIpc) is 2.81. The van der Waals surface area contributed by atoms with Crippen LogP contribution in [0.3, 0.4) is 0 Å². The second kappa shape index (κ2) is 11.0. The van der Waals surface area contributed by atoms with E-state index in [1.807, 2.05) is 6.07 Å². The van der Waals surface area contributed by atoms with Crippen molar-refractivity contribution in [2.75, 3.05) is 25.6 Å². The minimum absolute atomic E-state index is 0.0951. The molecule has 0 aliphatic carbocycles. The molecule has 1 atom stereocenters. The maximum Gasteiger partial charge on any atom is 0.341 e. The first kappa shape index (κ1) is 23.6. The van der Waals surface area contributed by atoms with Gasteiger partial charge in [-0.2, -0.15) is 0 Å². The van der Waals surface area contributed by atoms with Crippen molar-refractivity contribution in [1.82, 2.24) is 0 Å². The molecule has 3 rings (SSSR count). The highest BCUT2D eigenvalue weighted by atomic mass is 35.5. The van der Waals surface area contributed by atoms with E-state index in [4.69, 9.17) is 32.7 Å². The number of hydrogen-bond donors (Lipinski definition) is 2. The lowest BCUT2D eigenvalue weighted by atomic mass is 10.0. The number of methoxy groups -OCH3 is 1. The van der Waals surface area contributed by atoms with Crippen LogP contribution in [0.15, 0.2) is 66.7 Å². The van der Waals surface area contributed by atoms with Gasteiger partial charge in [0.25, 0.3) is 0 Å². The molecule has 32 heavy (non-hydrogen) atoms. The van der Waals surface area contributed by atoms with Crippen LogP contribution in [0.4, 0.5) is 5.69 Å². The summed E-state index contributed by atoms with van der Waals surface area (Å²) in [4.78, 5) is 24.8. The smallest absolute Gasteiger partial charge is 0.341 e. The lowest BCUT2D eigenvalue weighted by molar-refractivity contribution is 0.0590. The van der Waals surface area contributed by atoms with Gasteiger partial charge in [0.2, 0.25) is 0 Å². The van der Waals surface area contributed by atoms with E-state index in [2.05, 4.69) is 5.32 Å². The van der Waals surface area contributed by atoms with Gasteiger partial charge in [-0.1, -0.05) is 53.5 Å². The summed E-state index contributed by atoms with van der Waals surface area (Å²) in [7, 11) is 1.26. The van der Waals surface area contributed by atoms with Crippen LogP contribution in [0, 0.1) is 0 Å². The molecular formula is C24H21Cl2NO5. The highest BCUT2D eigenvalue weighted by Crippen LogP contribution is 2.25. The van der Waals surface area contributed by atoms with Crippen LogP contribution in [0.25, 0.3) is 0 Å². The average molecular weight is 474 g/mol. The minimum Gasteiger partial charge on any atom is -0.490 e. The van der Waals surface area contributed by atoms with Gasteiger partial charge in [0.1, 0.15) is 24.0 Å². The molecule has 0 saturated heterocycles. The molecule has 3 aromatic rings. The van der Waals surface area contributed by atoms with Gasteiger partial charge in [0.05, 0.1) is 7.11 Å². The summed E-state index contributed by atoms with van der Waals surface area (Å²) in [6.07, 6.45) is -0.938. The predicted molar refractivity (Wildman–Crippen MR) is 124 cm³/mol. The number of hydrogen-bond acceptors (Lipinski definition) is 6. The molecule has 3 aromatic carbocycles. The van der Waals surface area contributed by atoms with E-state index < -0.39 is 12.1 Å². The number of anilines is 1. The zero-order chi connectivity index (χ0) is 23.1. The molecule has 8 heteroatoms. The largest absolute Gasteiger partial charge is 0.490 e. The Morgan fingerprint density at radius 1 is 0.969 bits per heavy atom. The number of aliphatic hydroxyl groups is 1. The summed E-state index contributed by atoms with van der Waals surface area (Å²) in [5, 5.41) is 14.2. The van der Waals surface area contributed by atoms with Gasteiger partial charge in [-0.25, -0.2) is 4.79 Å². The van der Waals surface area contributed by atoms with Gasteiger partial charge in [0, 0.05) is 33.4 Å². The third-order valence-electron chi connectivity index (χ3n) is 4.57. The highest BCUT2D eigenvalue weighted by molar-refractivity contribution is 6.31. The van der Waals surface area contributed by atoms with Crippen LogP contribution in [0.5, 0.6) is 5.75 Å². The third-order valence-corrected chi connectivity index (χ3v) is 5.04. The van der Waals surface area contributed by atoms with E-state index in [1.165, 1.54) is 19.2 Å². The van der Waals surface area contributed by atoms with E-state index in [0.29, 0.717) is 26.9 Å². The van der Waals surface area contributed by atoms with E-state index in [0.717, 1.165) is 0 Å². The standard InChI is InChI=1S/C24H21Cl2NO5/c1-31-24(30)20-12-17(26)8-10-22(20)32-14-18(28)13-27-21-9-7-16(25)11-19(21)23(29)15-5-3-2-4-6-15/h2-12,18,27-28H,13-14H2,1H3/t18-/m1/s1. The molecule has 0 spiro atoms. The van der Waals surface area contributed by atoms with Crippen molar-refractivity contribution in [2.45, 2.75) is 6.10 Å². The Labute approximate surface area is 195 Å². The van der Waals surface area contributed by atoms with E-state index in [9.17, 15) is 14.7 Å². The Balaban J connectivity index is 1.67. The number of esters is 1. The lowest BCUT2D eigenvalue weighted by Crippen LogP contribution is -2.27. The summed E-state index contributed by atoms with van der Waals surface area (Å²) < 4.78 is 10.3. The zero-order valence-corrected chi connectivity index (χ0v) is 18.7. The molecule has 0 radical (unpaired) electrons. The van der Waals surface area contributed by atoms with Crippen molar-refractivity contribution in [3.05, 3.63) is 93.5 Å². The van der Waals surface area contributed by atoms with Gasteiger partial charge < -0.3 is 19.9 Å². The van der Waals surface area contributed by atoms with Crippen LogP contribution in [-0.2, 0) is 4.74 Å². The molecule has 2 N–H and O–H groups in total. The molecule has 0 aliphatic heterocycles. The van der Waals surface area contributed by atoms with Crippen molar-refractivity contribution in [3.8, 4) is 5.75 Å². The third kappa shape index (κ3) is 6.01. The van der Waals surface area contributed by atoms with Crippen LogP contribution in [0.2, 0.25) is 10.0 Å². The van der Waals surface area contributed by atoms with Gasteiger partial charge in [0.15, 0.2) is 5.78 Å². The van der Waals surface area contributed by atoms with Crippen molar-refractivity contribution in [3.63, 3.8) is 0 Å². The van der Waals surface area contributed by atoms with Gasteiger partial charge in [-0.15, -0.1) is 0 Å². The summed E-state index contributed by atoms with van der Waals surface area (Å²) >= 11 is 12.0. The number of ketones is 1. The summed E-state index contributed by atoms with van der Waals surface area (Å²) in [6, 6.07) is 18.3. The first-order chi connectivity index (χ1) is 15.4. The van der Waals surface area contributed by atoms with E-state index >= 15 is 0 Å². The lowest BCUT2D eigenvalue weighted by Gasteiger charge is -2.17. The maximum absolute atomic E-state index is 12.9. The second-order valence-corrected chi connectivity index (χ2v) is 7.74. The highest BCUT2D eigenvalue weighted by Gasteiger charge is 2.17. The van der Waals surface area contributed by atoms with Crippen molar-refractivity contribution >= 4 is 40.6 Å². The Morgan fingerprint density at radius 2 is 1.62 bits per heavy atom. The Kier molecular flexibility index (Phi) is 8.11. The Bertz CT molecular complexity index is 1100. The molecule has 0 bridgehead atoms. The number of rotatable bonds is 9.